The number of hydrogen-bond acceptors (Lipinski definition) is 2. The minimum atomic E-state index is -4.35. The molecule has 0 unspecified atom stereocenters. The van der Waals surface area contributed by atoms with E-state index in [4.69, 9.17) is 5.73 Å². The number of nitrogen functional groups attached to an aromatic ring is 1. The van der Waals surface area contributed by atoms with Gasteiger partial charge in [0, 0.05) is 6.54 Å². The van der Waals surface area contributed by atoms with Crippen LogP contribution < -0.4 is 5.73 Å². The van der Waals surface area contributed by atoms with Gasteiger partial charge in [0.1, 0.15) is 0 Å². The molecule has 108 valence electrons. The third-order valence-corrected chi connectivity index (χ3v) is 4.09. The van der Waals surface area contributed by atoms with Gasteiger partial charge >= 0.3 is 6.18 Å². The first-order valence-electron chi connectivity index (χ1n) is 6.78. The molecule has 3 rings (SSSR count). The van der Waals surface area contributed by atoms with E-state index in [-0.39, 0.29) is 0 Å². The lowest BCUT2D eigenvalue weighted by atomic mass is 9.83. The third kappa shape index (κ3) is 2.34. The van der Waals surface area contributed by atoms with Crippen molar-refractivity contribution < 1.29 is 13.2 Å². The Morgan fingerprint density at radius 1 is 1.30 bits per heavy atom. The normalized spacial score (nSPS) is 16.6. The maximum Gasteiger partial charge on any atom is 0.416 e. The molecular weight excluding hydrogens is 267 g/mol. The summed E-state index contributed by atoms with van der Waals surface area (Å²) in [7, 11) is 0. The average Bonchev–Trinajstić information content (AvgIpc) is 2.62. The number of rotatable bonds is 3. The molecule has 0 spiro atoms. The van der Waals surface area contributed by atoms with Gasteiger partial charge in [-0.05, 0) is 30.5 Å². The molecule has 1 fully saturated rings. The van der Waals surface area contributed by atoms with Gasteiger partial charge in [-0.15, -0.1) is 0 Å². The summed E-state index contributed by atoms with van der Waals surface area (Å²) in [5.74, 6) is 1.01. The van der Waals surface area contributed by atoms with Crippen molar-refractivity contribution in [2.75, 3.05) is 5.73 Å². The zero-order chi connectivity index (χ0) is 14.3. The molecule has 2 N–H and O–H groups in total. The van der Waals surface area contributed by atoms with Crippen molar-refractivity contribution in [3.8, 4) is 0 Å². The standard InChI is InChI=1S/C14H16F3N3/c15-14(16,17)10-4-5-12-11(8-10)19-13(18)20(12)7-6-9-2-1-3-9/h4-5,8-9H,1-3,6-7H2,(H2,18,19). The summed E-state index contributed by atoms with van der Waals surface area (Å²) in [6.45, 7) is 0.721. The fourth-order valence-corrected chi connectivity index (χ4v) is 2.65. The predicted octanol–water partition coefficient (Wildman–Crippen LogP) is 3.83. The predicted molar refractivity (Wildman–Crippen MR) is 71.1 cm³/mol. The lowest BCUT2D eigenvalue weighted by Crippen LogP contribution is -2.14. The highest BCUT2D eigenvalue weighted by molar-refractivity contribution is 5.79. The monoisotopic (exact) mass is 283 g/mol. The fourth-order valence-electron chi connectivity index (χ4n) is 2.65. The molecule has 1 aliphatic carbocycles. The van der Waals surface area contributed by atoms with Crippen molar-refractivity contribution in [2.24, 2.45) is 5.92 Å². The highest BCUT2D eigenvalue weighted by Crippen LogP contribution is 2.33. The largest absolute Gasteiger partial charge is 0.416 e. The van der Waals surface area contributed by atoms with Crippen LogP contribution in [0.4, 0.5) is 19.1 Å². The molecule has 3 nitrogen and oxygen atoms in total. The highest BCUT2D eigenvalue weighted by atomic mass is 19.4. The van der Waals surface area contributed by atoms with Gasteiger partial charge in [0.25, 0.3) is 0 Å². The maximum atomic E-state index is 12.7. The molecular formula is C14H16F3N3. The van der Waals surface area contributed by atoms with Crippen LogP contribution in [0, 0.1) is 5.92 Å². The first kappa shape index (κ1) is 13.3. The number of anilines is 1. The first-order chi connectivity index (χ1) is 9.45. The fraction of sp³-hybridized carbons (Fsp3) is 0.500. The maximum absolute atomic E-state index is 12.7. The topological polar surface area (TPSA) is 43.8 Å². The summed E-state index contributed by atoms with van der Waals surface area (Å²) in [5.41, 5.74) is 6.13. The number of benzene rings is 1. The number of alkyl halides is 3. The van der Waals surface area contributed by atoms with Crippen LogP contribution in [0.25, 0.3) is 11.0 Å². The van der Waals surface area contributed by atoms with Crippen LogP contribution in [0.15, 0.2) is 18.2 Å². The van der Waals surface area contributed by atoms with Gasteiger partial charge in [-0.25, -0.2) is 4.98 Å². The number of aromatic nitrogens is 2. The van der Waals surface area contributed by atoms with Crippen LogP contribution in [0.2, 0.25) is 0 Å². The van der Waals surface area contributed by atoms with E-state index in [1.54, 1.807) is 0 Å². The van der Waals surface area contributed by atoms with E-state index >= 15 is 0 Å². The van der Waals surface area contributed by atoms with Crippen LogP contribution in [0.3, 0.4) is 0 Å². The quantitative estimate of drug-likeness (QED) is 0.930. The molecule has 0 amide bonds. The Kier molecular flexibility index (Phi) is 3.11. The number of nitrogens with two attached hydrogens (primary N) is 1. The Labute approximate surface area is 114 Å². The van der Waals surface area contributed by atoms with Crippen LogP contribution in [0.1, 0.15) is 31.2 Å². The van der Waals surface area contributed by atoms with Crippen LogP contribution in [-0.2, 0) is 12.7 Å². The molecule has 1 aromatic carbocycles. The third-order valence-electron chi connectivity index (χ3n) is 4.09. The molecule has 0 atom stereocenters. The van der Waals surface area contributed by atoms with Gasteiger partial charge < -0.3 is 10.3 Å². The molecule has 2 aromatic rings. The van der Waals surface area contributed by atoms with E-state index in [1.165, 1.54) is 25.3 Å². The van der Waals surface area contributed by atoms with Gasteiger partial charge in [0.05, 0.1) is 16.6 Å². The average molecular weight is 283 g/mol. The first-order valence-corrected chi connectivity index (χ1v) is 6.78. The summed E-state index contributed by atoms with van der Waals surface area (Å²) in [6, 6.07) is 3.61. The zero-order valence-electron chi connectivity index (χ0n) is 11.0. The highest BCUT2D eigenvalue weighted by Gasteiger charge is 2.31. The Morgan fingerprint density at radius 3 is 2.65 bits per heavy atom. The lowest BCUT2D eigenvalue weighted by molar-refractivity contribution is -0.137. The van der Waals surface area contributed by atoms with E-state index in [1.807, 2.05) is 4.57 Å². The van der Waals surface area contributed by atoms with Gasteiger partial charge in [-0.3, -0.25) is 0 Å². The van der Waals surface area contributed by atoms with Crippen molar-refractivity contribution >= 4 is 17.0 Å². The van der Waals surface area contributed by atoms with Crippen molar-refractivity contribution in [2.45, 2.75) is 38.4 Å². The van der Waals surface area contributed by atoms with Crippen molar-refractivity contribution in [3.05, 3.63) is 23.8 Å². The van der Waals surface area contributed by atoms with Gasteiger partial charge in [-0.1, -0.05) is 19.3 Å². The molecule has 20 heavy (non-hydrogen) atoms. The van der Waals surface area contributed by atoms with E-state index in [0.29, 0.717) is 17.0 Å². The van der Waals surface area contributed by atoms with Crippen LogP contribution >= 0.6 is 0 Å². The summed E-state index contributed by atoms with van der Waals surface area (Å²) in [5, 5.41) is 0. The number of hydrogen-bond donors (Lipinski definition) is 1. The number of imidazole rings is 1. The molecule has 0 bridgehead atoms. The SMILES string of the molecule is Nc1nc2cc(C(F)(F)F)ccc2n1CCC1CCC1. The molecule has 1 heterocycles. The Bertz CT molecular complexity index is 626. The molecule has 1 aromatic heterocycles. The number of nitrogens with zero attached hydrogens (tertiary/aromatic N) is 2. The molecule has 0 aliphatic heterocycles. The Hall–Kier alpha value is -1.72. The van der Waals surface area contributed by atoms with Gasteiger partial charge in [-0.2, -0.15) is 13.2 Å². The molecule has 6 heteroatoms. The lowest BCUT2D eigenvalue weighted by Gasteiger charge is -2.25. The van der Waals surface area contributed by atoms with Crippen LogP contribution in [0.5, 0.6) is 0 Å². The second-order valence-electron chi connectivity index (χ2n) is 5.41. The summed E-state index contributed by atoms with van der Waals surface area (Å²) in [6.07, 6.45) is 0.421. The summed E-state index contributed by atoms with van der Waals surface area (Å²) in [4.78, 5) is 4.05. The molecule has 1 saturated carbocycles. The number of halogens is 3. The summed E-state index contributed by atoms with van der Waals surface area (Å²) < 4.78 is 39.8. The smallest absolute Gasteiger partial charge is 0.369 e. The molecule has 0 saturated heterocycles. The van der Waals surface area contributed by atoms with Gasteiger partial charge in [0.15, 0.2) is 0 Å². The minimum absolute atomic E-state index is 0.290. The van der Waals surface area contributed by atoms with E-state index in [9.17, 15) is 13.2 Å². The second-order valence-corrected chi connectivity index (χ2v) is 5.41. The zero-order valence-corrected chi connectivity index (χ0v) is 11.0. The second kappa shape index (κ2) is 4.68. The molecule has 1 aliphatic rings. The van der Waals surface area contributed by atoms with Crippen molar-refractivity contribution in [1.29, 1.82) is 0 Å². The summed E-state index contributed by atoms with van der Waals surface area (Å²) >= 11 is 0. The van der Waals surface area contributed by atoms with E-state index in [2.05, 4.69) is 4.98 Å². The molecule has 0 radical (unpaired) electrons. The van der Waals surface area contributed by atoms with Crippen molar-refractivity contribution in [1.82, 2.24) is 9.55 Å². The Balaban J connectivity index is 1.90. The number of aryl methyl sites for hydroxylation is 1. The Morgan fingerprint density at radius 2 is 2.05 bits per heavy atom. The minimum Gasteiger partial charge on any atom is -0.369 e. The van der Waals surface area contributed by atoms with E-state index < -0.39 is 11.7 Å². The van der Waals surface area contributed by atoms with Crippen LogP contribution in [-0.4, -0.2) is 9.55 Å². The van der Waals surface area contributed by atoms with Crippen molar-refractivity contribution in [3.63, 3.8) is 0 Å². The van der Waals surface area contributed by atoms with Gasteiger partial charge in [0.2, 0.25) is 5.95 Å². The number of fused-ring (bicyclic) bond motifs is 1. The van der Waals surface area contributed by atoms with E-state index in [0.717, 1.165) is 31.0 Å².